The van der Waals surface area contributed by atoms with Crippen molar-refractivity contribution < 1.29 is 28.5 Å². The lowest BCUT2D eigenvalue weighted by atomic mass is 9.97. The van der Waals surface area contributed by atoms with Gasteiger partial charge in [0.15, 0.2) is 27.8 Å². The Bertz CT molecular complexity index is 1590. The van der Waals surface area contributed by atoms with Crippen LogP contribution in [0.15, 0.2) is 51.9 Å². The van der Waals surface area contributed by atoms with Crippen LogP contribution in [0.5, 0.6) is 23.0 Å². The third-order valence-corrected chi connectivity index (χ3v) is 7.47. The number of benzene rings is 2. The van der Waals surface area contributed by atoms with Gasteiger partial charge in [-0.25, -0.2) is 9.79 Å². The fourth-order valence-electron chi connectivity index (χ4n) is 4.27. The average molecular weight is 665 g/mol. The zero-order chi connectivity index (χ0) is 28.1. The zero-order valence-electron chi connectivity index (χ0n) is 22.3. The Morgan fingerprint density at radius 1 is 1.03 bits per heavy atom. The Morgan fingerprint density at radius 2 is 1.74 bits per heavy atom. The van der Waals surface area contributed by atoms with Gasteiger partial charge < -0.3 is 23.7 Å². The second-order valence-corrected chi connectivity index (χ2v) is 10.5. The van der Waals surface area contributed by atoms with Gasteiger partial charge in [-0.3, -0.25) is 9.36 Å². The maximum Gasteiger partial charge on any atom is 0.337 e. The minimum absolute atomic E-state index is 0.231. The third-order valence-electron chi connectivity index (χ3n) is 5.85. The molecule has 0 amide bonds. The number of carbonyl (C=O) groups excluding carboxylic acids is 1. The third kappa shape index (κ3) is 5.83. The molecule has 0 saturated heterocycles. The number of esters is 1. The van der Waals surface area contributed by atoms with E-state index in [2.05, 4.69) is 27.6 Å². The van der Waals surface area contributed by atoms with Gasteiger partial charge in [0.1, 0.15) is 0 Å². The second kappa shape index (κ2) is 12.7. The van der Waals surface area contributed by atoms with Gasteiger partial charge in [0.05, 0.1) is 50.2 Å². The number of methoxy groups -OCH3 is 2. The summed E-state index contributed by atoms with van der Waals surface area (Å²) < 4.78 is 30.8. The molecule has 0 spiro atoms. The molecule has 0 saturated carbocycles. The number of fused-ring (bicyclic) bond motifs is 1. The van der Waals surface area contributed by atoms with Gasteiger partial charge >= 0.3 is 5.97 Å². The van der Waals surface area contributed by atoms with Crippen molar-refractivity contribution in [2.75, 3.05) is 34.0 Å². The number of rotatable bonds is 10. The summed E-state index contributed by atoms with van der Waals surface area (Å²) >= 11 is 3.42. The molecule has 0 fully saturated rings. The summed E-state index contributed by atoms with van der Waals surface area (Å²) in [7, 11) is 2.88. The molecule has 0 radical (unpaired) electrons. The Labute approximate surface area is 243 Å². The van der Waals surface area contributed by atoms with E-state index in [1.54, 1.807) is 25.3 Å². The summed E-state index contributed by atoms with van der Waals surface area (Å²) in [5.41, 5.74) is 1.29. The number of hydrogen-bond donors (Lipinski definition) is 0. The van der Waals surface area contributed by atoms with E-state index in [1.165, 1.54) is 29.2 Å². The first-order chi connectivity index (χ1) is 18.9. The lowest BCUT2D eigenvalue weighted by Gasteiger charge is -2.23. The van der Waals surface area contributed by atoms with Crippen LogP contribution in [0.4, 0.5) is 0 Å². The number of nitrogens with zero attached hydrogens (tertiary/aromatic N) is 2. The smallest absolute Gasteiger partial charge is 0.337 e. The predicted molar refractivity (Wildman–Crippen MR) is 157 cm³/mol. The molecule has 0 aliphatic carbocycles. The monoisotopic (exact) mass is 664 g/mol. The minimum Gasteiger partial charge on any atom is -0.493 e. The lowest BCUT2D eigenvalue weighted by molar-refractivity contribution is -0.136. The van der Waals surface area contributed by atoms with Crippen LogP contribution in [0.1, 0.15) is 37.9 Å². The van der Waals surface area contributed by atoms with Crippen LogP contribution >= 0.6 is 33.9 Å². The van der Waals surface area contributed by atoms with Crippen LogP contribution in [0.25, 0.3) is 6.08 Å². The van der Waals surface area contributed by atoms with Gasteiger partial charge in [0.2, 0.25) is 0 Å². The van der Waals surface area contributed by atoms with Crippen molar-refractivity contribution in [3.05, 3.63) is 76.5 Å². The van der Waals surface area contributed by atoms with Gasteiger partial charge in [-0.15, -0.1) is 0 Å². The zero-order valence-corrected chi connectivity index (χ0v) is 25.3. The van der Waals surface area contributed by atoms with Crippen LogP contribution in [0, 0.1) is 3.57 Å². The van der Waals surface area contributed by atoms with E-state index in [0.29, 0.717) is 63.3 Å². The fraction of sp³-hybridized carbons (Fsp3) is 0.321. The highest BCUT2D eigenvalue weighted by molar-refractivity contribution is 14.1. The number of halogens is 1. The first-order valence-corrected chi connectivity index (χ1v) is 14.2. The van der Waals surface area contributed by atoms with E-state index in [4.69, 9.17) is 23.7 Å². The van der Waals surface area contributed by atoms with E-state index in [0.717, 1.165) is 3.57 Å². The van der Waals surface area contributed by atoms with Crippen molar-refractivity contribution in [2.24, 2.45) is 4.99 Å². The molecule has 4 rings (SSSR count). The van der Waals surface area contributed by atoms with Gasteiger partial charge in [-0.05, 0) is 79.3 Å². The molecule has 1 aromatic heterocycles. The minimum atomic E-state index is -0.775. The maximum atomic E-state index is 13.9. The Balaban J connectivity index is 1.94. The SMILES string of the molecule is CCOc1ccc([C@@H]2C(C(=O)OC)=CN=c3s/c(=C/c4cc(I)cc(OC)c4OCC)c(=O)n32)cc1OCC. The summed E-state index contributed by atoms with van der Waals surface area (Å²) in [6.07, 6.45) is 3.23. The summed E-state index contributed by atoms with van der Waals surface area (Å²) in [5.74, 6) is 1.64. The topological polar surface area (TPSA) is 97.6 Å². The Kier molecular flexibility index (Phi) is 9.33. The highest BCUT2D eigenvalue weighted by Gasteiger charge is 2.31. The largest absolute Gasteiger partial charge is 0.493 e. The van der Waals surface area contributed by atoms with Crippen molar-refractivity contribution in [2.45, 2.75) is 26.8 Å². The van der Waals surface area contributed by atoms with Crippen molar-refractivity contribution in [1.29, 1.82) is 0 Å². The highest BCUT2D eigenvalue weighted by atomic mass is 127. The first kappa shape index (κ1) is 28.7. The normalized spacial score (nSPS) is 14.7. The molecule has 3 aromatic rings. The predicted octanol–water partition coefficient (Wildman–Crippen LogP) is 3.83. The number of ether oxygens (including phenoxy) is 5. The van der Waals surface area contributed by atoms with Crippen molar-refractivity contribution in [3.8, 4) is 23.0 Å². The standard InChI is InChI=1S/C28H29IN2O7S/c1-6-36-20-10-9-16(12-21(20)37-7-2)24-19(27(33)35-5)15-30-28-31(24)26(32)23(39-28)13-17-11-18(29)14-22(34-4)25(17)38-8-3/h9-15,24H,6-8H2,1-5H3/b23-13+/t24-/m1/s1. The van der Waals surface area contributed by atoms with E-state index in [1.807, 2.05) is 39.0 Å². The van der Waals surface area contributed by atoms with E-state index < -0.39 is 12.0 Å². The molecule has 206 valence electrons. The van der Waals surface area contributed by atoms with Crippen LogP contribution in [0.3, 0.4) is 0 Å². The molecule has 1 atom stereocenters. The molecule has 0 unspecified atom stereocenters. The van der Waals surface area contributed by atoms with Gasteiger partial charge in [-0.2, -0.15) is 0 Å². The molecular weight excluding hydrogens is 635 g/mol. The Morgan fingerprint density at radius 3 is 2.41 bits per heavy atom. The summed E-state index contributed by atoms with van der Waals surface area (Å²) in [6, 6.07) is 8.40. The van der Waals surface area contributed by atoms with Crippen molar-refractivity contribution in [1.82, 2.24) is 4.57 Å². The highest BCUT2D eigenvalue weighted by Crippen LogP contribution is 2.36. The fourth-order valence-corrected chi connectivity index (χ4v) is 5.85. The van der Waals surface area contributed by atoms with Crippen LogP contribution in [0.2, 0.25) is 0 Å². The Hall–Kier alpha value is -3.32. The number of hydrogen-bond acceptors (Lipinski definition) is 9. The molecule has 2 heterocycles. The molecule has 1 aliphatic heterocycles. The van der Waals surface area contributed by atoms with Crippen molar-refractivity contribution in [3.63, 3.8) is 0 Å². The van der Waals surface area contributed by atoms with E-state index in [9.17, 15) is 9.59 Å². The molecule has 39 heavy (non-hydrogen) atoms. The molecule has 11 heteroatoms. The van der Waals surface area contributed by atoms with E-state index >= 15 is 0 Å². The second-order valence-electron chi connectivity index (χ2n) is 8.21. The van der Waals surface area contributed by atoms with Gasteiger partial charge in [0, 0.05) is 15.3 Å². The quantitative estimate of drug-likeness (QED) is 0.240. The van der Waals surface area contributed by atoms with E-state index in [-0.39, 0.29) is 11.1 Å². The van der Waals surface area contributed by atoms with Crippen LogP contribution in [-0.4, -0.2) is 44.6 Å². The molecule has 0 bridgehead atoms. The molecule has 1 aliphatic rings. The lowest BCUT2D eigenvalue weighted by Crippen LogP contribution is -2.39. The van der Waals surface area contributed by atoms with Gasteiger partial charge in [0.25, 0.3) is 5.56 Å². The number of carbonyl (C=O) groups is 1. The molecular formula is C28H29IN2O7S. The summed E-state index contributed by atoms with van der Waals surface area (Å²) in [6.45, 7) is 6.97. The summed E-state index contributed by atoms with van der Waals surface area (Å²) in [4.78, 5) is 31.6. The number of thiazole rings is 1. The summed E-state index contributed by atoms with van der Waals surface area (Å²) in [5, 5.41) is 0. The maximum absolute atomic E-state index is 13.9. The number of aromatic nitrogens is 1. The average Bonchev–Trinajstić information content (AvgIpc) is 3.25. The van der Waals surface area contributed by atoms with Crippen LogP contribution in [-0.2, 0) is 9.53 Å². The molecule has 0 N–H and O–H groups in total. The van der Waals surface area contributed by atoms with Crippen molar-refractivity contribution >= 4 is 46.0 Å². The first-order valence-electron chi connectivity index (χ1n) is 12.4. The molecule has 9 nitrogen and oxygen atoms in total. The van der Waals surface area contributed by atoms with Crippen LogP contribution < -0.4 is 33.8 Å². The molecule has 2 aromatic carbocycles. The van der Waals surface area contributed by atoms with Gasteiger partial charge in [-0.1, -0.05) is 17.4 Å².